The number of nitrogens with zero attached hydrogens (tertiary/aromatic N) is 2. The van der Waals surface area contributed by atoms with E-state index in [9.17, 15) is 18.6 Å². The van der Waals surface area contributed by atoms with Gasteiger partial charge in [-0.3, -0.25) is 9.42 Å². The van der Waals surface area contributed by atoms with E-state index in [0.717, 1.165) is 21.1 Å². The lowest BCUT2D eigenvalue weighted by Crippen LogP contribution is -3.06. The Hall–Kier alpha value is -0.660. The molecule has 2 heterocycles. The van der Waals surface area contributed by atoms with E-state index >= 15 is 0 Å². The molecule has 170 valence electrons. The van der Waals surface area contributed by atoms with Gasteiger partial charge in [0.2, 0.25) is 0 Å². The molecule has 0 spiro atoms. The smallest absolute Gasteiger partial charge is 0.383 e. The standard InChI is InChI=1S/C12H21N4O10P3S/c1-8-11(30-7-16(8)6-10-5-14-9(2)15-12(10)13)3-4-24-28(20,21)26-29(22,23)25-27(17,18)19/h5H,3-4,6-7H2,1-2H3,(H,20,21)(H,22,23)(H2,13,14,15)(H2,17,18,19)/p+1. The molecule has 0 aliphatic carbocycles. The van der Waals surface area contributed by atoms with Gasteiger partial charge in [0.05, 0.1) is 12.2 Å². The van der Waals surface area contributed by atoms with Crippen LogP contribution < -0.4 is 10.6 Å². The molecule has 0 radical (unpaired) electrons. The van der Waals surface area contributed by atoms with Gasteiger partial charge in [0.1, 0.15) is 29.8 Å². The molecule has 2 rings (SSSR count). The van der Waals surface area contributed by atoms with Gasteiger partial charge < -0.3 is 25.3 Å². The molecule has 0 fully saturated rings. The monoisotopic (exact) mass is 507 g/mol. The molecule has 18 heteroatoms. The zero-order chi connectivity index (χ0) is 22.7. The zero-order valence-electron chi connectivity index (χ0n) is 15.9. The van der Waals surface area contributed by atoms with Gasteiger partial charge in [-0.15, -0.1) is 0 Å². The Morgan fingerprint density at radius 1 is 1.17 bits per heavy atom. The molecule has 0 saturated carbocycles. The Labute approximate surface area is 175 Å². The first-order valence-electron chi connectivity index (χ1n) is 8.21. The minimum absolute atomic E-state index is 0.197. The van der Waals surface area contributed by atoms with Crippen LogP contribution in [0, 0.1) is 6.92 Å². The Bertz CT molecular complexity index is 970. The van der Waals surface area contributed by atoms with Gasteiger partial charge in [0.25, 0.3) is 0 Å². The van der Waals surface area contributed by atoms with Crippen molar-refractivity contribution >= 4 is 41.0 Å². The van der Waals surface area contributed by atoms with Crippen molar-refractivity contribution < 1.29 is 51.3 Å². The Kier molecular flexibility index (Phi) is 8.42. The van der Waals surface area contributed by atoms with Crippen molar-refractivity contribution in [3.05, 3.63) is 28.2 Å². The fraction of sp³-hybridized carbons (Fsp3) is 0.500. The summed E-state index contributed by atoms with van der Waals surface area (Å²) in [6, 6.07) is 0. The highest BCUT2D eigenvalue weighted by molar-refractivity contribution is 8.03. The minimum atomic E-state index is -5.52. The van der Waals surface area contributed by atoms with E-state index in [-0.39, 0.29) is 13.0 Å². The van der Waals surface area contributed by atoms with Gasteiger partial charge in [-0.1, -0.05) is 11.8 Å². The first-order valence-corrected chi connectivity index (χ1v) is 13.7. The van der Waals surface area contributed by atoms with Crippen LogP contribution in [0.3, 0.4) is 0 Å². The van der Waals surface area contributed by atoms with E-state index in [1.807, 2.05) is 6.92 Å². The molecule has 1 aromatic heterocycles. The number of hydrogen-bond donors (Lipinski definition) is 6. The van der Waals surface area contributed by atoms with Crippen molar-refractivity contribution in [3.63, 3.8) is 0 Å². The Morgan fingerprint density at radius 2 is 1.83 bits per heavy atom. The van der Waals surface area contributed by atoms with Gasteiger partial charge in [0.15, 0.2) is 0 Å². The first kappa shape index (κ1) is 25.6. The third kappa shape index (κ3) is 8.12. The van der Waals surface area contributed by atoms with Crippen molar-refractivity contribution in [1.29, 1.82) is 0 Å². The summed E-state index contributed by atoms with van der Waals surface area (Å²) < 4.78 is 45.6. The molecule has 1 aliphatic heterocycles. The third-order valence-electron chi connectivity index (χ3n) is 3.79. The number of nitrogens with two attached hydrogens (primary N) is 1. The fourth-order valence-electron chi connectivity index (χ4n) is 2.47. The van der Waals surface area contributed by atoms with Crippen LogP contribution in [-0.4, -0.2) is 42.0 Å². The van der Waals surface area contributed by atoms with E-state index in [1.165, 1.54) is 11.8 Å². The van der Waals surface area contributed by atoms with Gasteiger partial charge in [0, 0.05) is 24.4 Å². The van der Waals surface area contributed by atoms with Crippen LogP contribution in [0.25, 0.3) is 0 Å². The number of aromatic nitrogens is 2. The number of phosphoric ester groups is 1. The number of rotatable bonds is 10. The molecular weight excluding hydrogens is 485 g/mol. The number of nitrogen functional groups attached to an aromatic ring is 1. The van der Waals surface area contributed by atoms with Crippen LogP contribution in [0.2, 0.25) is 0 Å². The maximum absolute atomic E-state index is 11.7. The van der Waals surface area contributed by atoms with Crippen molar-refractivity contribution in [2.24, 2.45) is 0 Å². The molecule has 0 bridgehead atoms. The highest BCUT2D eigenvalue weighted by Gasteiger charge is 2.40. The summed E-state index contributed by atoms with van der Waals surface area (Å²) in [5.41, 5.74) is 7.65. The number of phosphoric acid groups is 3. The summed E-state index contributed by atoms with van der Waals surface area (Å²) >= 11 is 1.50. The molecule has 3 atom stereocenters. The molecule has 3 unspecified atom stereocenters. The first-order chi connectivity index (χ1) is 13.7. The SMILES string of the molecule is CC1=C(CCOP(=O)(O)OP(=O)(O)OP(=O)(O)O)SC[NH+]1Cc1cnc(C)nc1N. The van der Waals surface area contributed by atoms with Crippen molar-refractivity contribution in [1.82, 2.24) is 9.97 Å². The van der Waals surface area contributed by atoms with Crippen LogP contribution in [0.5, 0.6) is 0 Å². The predicted octanol–water partition coefficient (Wildman–Crippen LogP) is 0.421. The van der Waals surface area contributed by atoms with E-state index in [4.69, 9.17) is 20.4 Å². The molecule has 0 aromatic carbocycles. The van der Waals surface area contributed by atoms with Crippen LogP contribution in [0.15, 0.2) is 16.8 Å². The van der Waals surface area contributed by atoms with Crippen molar-refractivity contribution in [3.8, 4) is 0 Å². The summed E-state index contributed by atoms with van der Waals surface area (Å²) in [4.78, 5) is 45.8. The van der Waals surface area contributed by atoms with Gasteiger partial charge in [-0.25, -0.2) is 23.7 Å². The lowest BCUT2D eigenvalue weighted by Gasteiger charge is -2.16. The van der Waals surface area contributed by atoms with Crippen LogP contribution in [-0.2, 0) is 33.4 Å². The highest BCUT2D eigenvalue weighted by Crippen LogP contribution is 2.66. The van der Waals surface area contributed by atoms with Crippen molar-refractivity contribution in [2.45, 2.75) is 26.8 Å². The minimum Gasteiger partial charge on any atom is -0.383 e. The van der Waals surface area contributed by atoms with Gasteiger partial charge in [-0.05, 0) is 6.92 Å². The number of thioether (sulfide) groups is 1. The quantitative estimate of drug-likeness (QED) is 0.237. The summed E-state index contributed by atoms with van der Waals surface area (Å²) in [7, 11) is -16.1. The van der Waals surface area contributed by atoms with E-state index in [1.54, 1.807) is 13.1 Å². The van der Waals surface area contributed by atoms with Crippen molar-refractivity contribution in [2.75, 3.05) is 18.2 Å². The van der Waals surface area contributed by atoms with Crippen LogP contribution in [0.4, 0.5) is 5.82 Å². The Balaban J connectivity index is 1.91. The van der Waals surface area contributed by atoms with E-state index < -0.39 is 23.5 Å². The molecule has 0 saturated heterocycles. The van der Waals surface area contributed by atoms with E-state index in [2.05, 4.69) is 23.1 Å². The zero-order valence-corrected chi connectivity index (χ0v) is 19.4. The summed E-state index contributed by atoms with van der Waals surface area (Å²) in [5, 5.41) is 0. The number of hydrogen-bond acceptors (Lipinski definition) is 10. The van der Waals surface area contributed by atoms with Gasteiger partial charge in [-0.2, -0.15) is 8.62 Å². The maximum Gasteiger partial charge on any atom is 0.490 e. The van der Waals surface area contributed by atoms with E-state index in [0.29, 0.717) is 24.1 Å². The number of aryl methyl sites for hydroxylation is 1. The molecule has 1 aromatic rings. The number of quaternary nitrogens is 1. The number of allylic oxidation sites excluding steroid dienone is 1. The molecular formula is C12H22N4O10P3S+. The molecule has 14 nitrogen and oxygen atoms in total. The molecule has 0 amide bonds. The van der Waals surface area contributed by atoms with Crippen LogP contribution in [0.1, 0.15) is 24.7 Å². The molecule has 7 N–H and O–H groups in total. The molecule has 30 heavy (non-hydrogen) atoms. The summed E-state index contributed by atoms with van der Waals surface area (Å²) in [6.07, 6.45) is 1.86. The second kappa shape index (κ2) is 9.86. The van der Waals surface area contributed by atoms with Crippen LogP contribution >= 0.6 is 35.2 Å². The summed E-state index contributed by atoms with van der Waals surface area (Å²) in [6.45, 7) is 3.80. The average Bonchev–Trinajstić information content (AvgIpc) is 2.87. The lowest BCUT2D eigenvalue weighted by molar-refractivity contribution is -0.859. The fourth-order valence-corrected chi connectivity index (χ4v) is 6.74. The Morgan fingerprint density at radius 3 is 2.43 bits per heavy atom. The second-order valence-corrected chi connectivity index (χ2v) is 11.6. The topological polar surface area (TPSA) is 216 Å². The predicted molar refractivity (Wildman–Crippen MR) is 105 cm³/mol. The number of nitrogens with one attached hydrogen (secondary N) is 1. The molecule has 1 aliphatic rings. The lowest BCUT2D eigenvalue weighted by atomic mass is 10.2. The highest BCUT2D eigenvalue weighted by atomic mass is 32.2. The maximum atomic E-state index is 11.7. The third-order valence-corrected chi connectivity index (χ3v) is 8.98. The normalized spacial score (nSPS) is 21.5. The average molecular weight is 507 g/mol. The largest absolute Gasteiger partial charge is 0.490 e. The second-order valence-electron chi connectivity index (χ2n) is 6.12. The summed E-state index contributed by atoms with van der Waals surface area (Å²) in [5.74, 6) is 1.64. The van der Waals surface area contributed by atoms with Gasteiger partial charge >= 0.3 is 23.5 Å². The number of anilines is 1.